The summed E-state index contributed by atoms with van der Waals surface area (Å²) in [7, 11) is 1.39. The molecular formula is C18H19FN2O3. The number of hydrogen-bond acceptors (Lipinski definition) is 4. The van der Waals surface area contributed by atoms with Crippen LogP contribution in [0.4, 0.5) is 4.39 Å². The number of halogens is 1. The molecule has 0 spiro atoms. The number of aromatic nitrogens is 1. The number of ether oxygens (including phenoxy) is 2. The van der Waals surface area contributed by atoms with Crippen LogP contribution in [0.2, 0.25) is 0 Å². The fourth-order valence-corrected chi connectivity index (χ4v) is 2.00. The number of carbonyl (C=O) groups excluding carboxylic acids is 1. The van der Waals surface area contributed by atoms with Crippen molar-refractivity contribution in [2.24, 2.45) is 0 Å². The maximum absolute atomic E-state index is 13.4. The third-order valence-electron chi connectivity index (χ3n) is 3.11. The van der Waals surface area contributed by atoms with Crippen LogP contribution in [0.3, 0.4) is 0 Å². The second-order valence-electron chi connectivity index (χ2n) is 5.18. The molecule has 0 aliphatic carbocycles. The van der Waals surface area contributed by atoms with E-state index in [0.29, 0.717) is 11.6 Å². The molecule has 0 aliphatic rings. The van der Waals surface area contributed by atoms with Gasteiger partial charge in [0.1, 0.15) is 5.75 Å². The molecule has 6 heteroatoms. The first-order chi connectivity index (χ1) is 11.5. The third-order valence-corrected chi connectivity index (χ3v) is 3.11. The van der Waals surface area contributed by atoms with Gasteiger partial charge < -0.3 is 14.8 Å². The Kier molecular flexibility index (Phi) is 5.89. The molecule has 0 aliphatic heterocycles. The molecule has 1 aromatic heterocycles. The summed E-state index contributed by atoms with van der Waals surface area (Å²) in [6.45, 7) is 3.35. The fourth-order valence-electron chi connectivity index (χ4n) is 2.00. The Balaban J connectivity index is 2.02. The van der Waals surface area contributed by atoms with E-state index in [2.05, 4.69) is 10.3 Å². The minimum atomic E-state index is -0.452. The third kappa shape index (κ3) is 5.08. The lowest BCUT2D eigenvalue weighted by Gasteiger charge is -2.08. The van der Waals surface area contributed by atoms with Gasteiger partial charge in [-0.05, 0) is 30.7 Å². The summed E-state index contributed by atoms with van der Waals surface area (Å²) in [6.07, 6.45) is 5.37. The van der Waals surface area contributed by atoms with Gasteiger partial charge in [0.05, 0.1) is 7.11 Å². The molecule has 1 atom stereocenters. The number of nitrogens with zero attached hydrogens (tertiary/aromatic N) is 1. The van der Waals surface area contributed by atoms with Crippen molar-refractivity contribution >= 4 is 12.0 Å². The predicted molar refractivity (Wildman–Crippen MR) is 89.6 cm³/mol. The number of carbonyl (C=O) groups is 1. The van der Waals surface area contributed by atoms with Crippen molar-refractivity contribution in [1.82, 2.24) is 10.3 Å². The highest BCUT2D eigenvalue weighted by atomic mass is 19.1. The highest BCUT2D eigenvalue weighted by Gasteiger charge is 2.06. The van der Waals surface area contributed by atoms with Crippen LogP contribution in [-0.4, -0.2) is 24.0 Å². The zero-order valence-electron chi connectivity index (χ0n) is 13.7. The molecule has 1 heterocycles. The molecule has 126 valence electrons. The van der Waals surface area contributed by atoms with Crippen molar-refractivity contribution in [3.63, 3.8) is 0 Å². The van der Waals surface area contributed by atoms with Crippen molar-refractivity contribution in [3.8, 4) is 17.4 Å². The summed E-state index contributed by atoms with van der Waals surface area (Å²) in [4.78, 5) is 15.1. The lowest BCUT2D eigenvalue weighted by Crippen LogP contribution is -2.28. The number of pyridine rings is 1. The Bertz CT molecular complexity index is 730. The van der Waals surface area contributed by atoms with Gasteiger partial charge in [0.15, 0.2) is 11.6 Å². The molecule has 0 saturated carbocycles. The van der Waals surface area contributed by atoms with Gasteiger partial charge in [-0.2, -0.15) is 0 Å². The van der Waals surface area contributed by atoms with E-state index in [1.54, 1.807) is 12.3 Å². The molecular weight excluding hydrogens is 311 g/mol. The van der Waals surface area contributed by atoms with Crippen LogP contribution < -0.4 is 14.8 Å². The quantitative estimate of drug-likeness (QED) is 0.880. The summed E-state index contributed by atoms with van der Waals surface area (Å²) < 4.78 is 23.8. The molecule has 2 aromatic rings. The van der Waals surface area contributed by atoms with Crippen molar-refractivity contribution < 1.29 is 18.7 Å². The highest BCUT2D eigenvalue weighted by Crippen LogP contribution is 2.26. The topological polar surface area (TPSA) is 60.5 Å². The number of benzene rings is 1. The van der Waals surface area contributed by atoms with Gasteiger partial charge in [0.2, 0.25) is 11.8 Å². The zero-order valence-corrected chi connectivity index (χ0v) is 13.7. The Morgan fingerprint density at radius 2 is 2.12 bits per heavy atom. The second-order valence-corrected chi connectivity index (χ2v) is 5.18. The summed E-state index contributed by atoms with van der Waals surface area (Å²) in [5.74, 6) is 0.397. The van der Waals surface area contributed by atoms with Crippen molar-refractivity contribution in [3.05, 3.63) is 54.0 Å². The van der Waals surface area contributed by atoms with E-state index in [4.69, 9.17) is 9.47 Å². The number of rotatable bonds is 6. The maximum Gasteiger partial charge on any atom is 0.219 e. The standard InChI is InChI=1S/C18H19FN2O3/c1-12(21-13(2)22)4-5-14-6-9-18(20-11-14)24-15-7-8-16(19)17(10-15)23-3/h4-12H,1-3H3,(H,21,22)/t12-/m0/s1. The van der Waals surface area contributed by atoms with Crippen LogP contribution in [0, 0.1) is 5.82 Å². The minimum Gasteiger partial charge on any atom is -0.494 e. The Hall–Kier alpha value is -2.89. The lowest BCUT2D eigenvalue weighted by atomic mass is 10.2. The van der Waals surface area contributed by atoms with E-state index in [9.17, 15) is 9.18 Å². The molecule has 2 rings (SSSR count). The van der Waals surface area contributed by atoms with Gasteiger partial charge in [-0.15, -0.1) is 0 Å². The van der Waals surface area contributed by atoms with Crippen LogP contribution in [0.15, 0.2) is 42.6 Å². The number of nitrogens with one attached hydrogen (secondary N) is 1. The largest absolute Gasteiger partial charge is 0.494 e. The van der Waals surface area contributed by atoms with E-state index < -0.39 is 5.82 Å². The molecule has 1 aromatic carbocycles. The summed E-state index contributed by atoms with van der Waals surface area (Å²) >= 11 is 0. The van der Waals surface area contributed by atoms with Crippen LogP contribution >= 0.6 is 0 Å². The Morgan fingerprint density at radius 3 is 2.75 bits per heavy atom. The molecule has 1 amide bonds. The first-order valence-corrected chi connectivity index (χ1v) is 7.40. The highest BCUT2D eigenvalue weighted by molar-refractivity contribution is 5.73. The van der Waals surface area contributed by atoms with Gasteiger partial charge in [-0.1, -0.05) is 12.2 Å². The predicted octanol–water partition coefficient (Wildman–Crippen LogP) is 3.56. The first-order valence-electron chi connectivity index (χ1n) is 7.40. The smallest absolute Gasteiger partial charge is 0.219 e. The average molecular weight is 330 g/mol. The van der Waals surface area contributed by atoms with E-state index in [1.165, 1.54) is 32.2 Å². The van der Waals surface area contributed by atoms with Gasteiger partial charge in [0.25, 0.3) is 0 Å². The molecule has 0 saturated heterocycles. The van der Waals surface area contributed by atoms with Gasteiger partial charge in [-0.25, -0.2) is 9.37 Å². The molecule has 0 fully saturated rings. The summed E-state index contributed by atoms with van der Waals surface area (Å²) in [6, 6.07) is 7.71. The molecule has 0 bridgehead atoms. The van der Waals surface area contributed by atoms with Crippen LogP contribution in [0.1, 0.15) is 19.4 Å². The molecule has 0 unspecified atom stereocenters. The molecule has 1 N–H and O–H groups in total. The monoisotopic (exact) mass is 330 g/mol. The number of amides is 1. The van der Waals surface area contributed by atoms with Gasteiger partial charge >= 0.3 is 0 Å². The summed E-state index contributed by atoms with van der Waals surface area (Å²) in [5, 5.41) is 2.76. The van der Waals surface area contributed by atoms with E-state index in [0.717, 1.165) is 5.56 Å². The second kappa shape index (κ2) is 8.10. The SMILES string of the molecule is COc1cc(Oc2ccc(C=C[C@H](C)NC(C)=O)cn2)ccc1F. The van der Waals surface area contributed by atoms with E-state index in [-0.39, 0.29) is 17.7 Å². The van der Waals surface area contributed by atoms with Crippen molar-refractivity contribution in [2.75, 3.05) is 7.11 Å². The summed E-state index contributed by atoms with van der Waals surface area (Å²) in [5.41, 5.74) is 0.872. The van der Waals surface area contributed by atoms with Crippen LogP contribution in [-0.2, 0) is 4.79 Å². The fraction of sp³-hybridized carbons (Fsp3) is 0.222. The van der Waals surface area contributed by atoms with Crippen LogP contribution in [0.25, 0.3) is 6.08 Å². The average Bonchev–Trinajstić information content (AvgIpc) is 2.55. The minimum absolute atomic E-state index is 0.0647. The van der Waals surface area contributed by atoms with Crippen molar-refractivity contribution in [2.45, 2.75) is 19.9 Å². The lowest BCUT2D eigenvalue weighted by molar-refractivity contribution is -0.119. The maximum atomic E-state index is 13.4. The number of methoxy groups -OCH3 is 1. The van der Waals surface area contributed by atoms with Gasteiger partial charge in [-0.3, -0.25) is 4.79 Å². The van der Waals surface area contributed by atoms with Gasteiger partial charge in [0, 0.05) is 31.3 Å². The van der Waals surface area contributed by atoms with Crippen molar-refractivity contribution in [1.29, 1.82) is 0 Å². The van der Waals surface area contributed by atoms with Crippen LogP contribution in [0.5, 0.6) is 17.4 Å². The first kappa shape index (κ1) is 17.5. The van der Waals surface area contributed by atoms with E-state index in [1.807, 2.05) is 25.1 Å². The molecule has 5 nitrogen and oxygen atoms in total. The Morgan fingerprint density at radius 1 is 1.33 bits per heavy atom. The normalized spacial score (nSPS) is 12.0. The zero-order chi connectivity index (χ0) is 17.5. The Labute approximate surface area is 140 Å². The molecule has 0 radical (unpaired) electrons. The van der Waals surface area contributed by atoms with E-state index >= 15 is 0 Å². The molecule has 24 heavy (non-hydrogen) atoms. The number of hydrogen-bond donors (Lipinski definition) is 1.